The van der Waals surface area contributed by atoms with E-state index in [1.807, 2.05) is 11.6 Å². The smallest absolute Gasteiger partial charge is 0.130 e. The molecule has 0 aliphatic heterocycles. The maximum absolute atomic E-state index is 7.20. The minimum Gasteiger partial charge on any atom is -0.384 e. The molecule has 0 unspecified atom stereocenters. The van der Waals surface area contributed by atoms with E-state index < -0.39 is 0 Å². The molecular formula is C6H6N4S. The summed E-state index contributed by atoms with van der Waals surface area (Å²) in [5.41, 5.74) is 6.03. The van der Waals surface area contributed by atoms with E-state index in [1.165, 1.54) is 11.3 Å². The molecule has 0 aromatic carbocycles. The van der Waals surface area contributed by atoms with Crippen LogP contribution in [0.25, 0.3) is 4.83 Å². The molecule has 2 heterocycles. The summed E-state index contributed by atoms with van der Waals surface area (Å²) < 4.78 is 1.71. The third-order valence-corrected chi connectivity index (χ3v) is 2.31. The van der Waals surface area contributed by atoms with Crippen LogP contribution in [0.1, 0.15) is 5.56 Å². The number of nitrogens with two attached hydrogens (primary N) is 1. The Kier molecular flexibility index (Phi) is 1.19. The molecule has 0 saturated heterocycles. The lowest BCUT2D eigenvalue weighted by Gasteiger charge is -1.87. The number of hydrogen-bond acceptors (Lipinski definition) is 3. The van der Waals surface area contributed by atoms with Gasteiger partial charge in [-0.15, -0.1) is 11.3 Å². The Morgan fingerprint density at radius 3 is 3.27 bits per heavy atom. The molecule has 0 aliphatic carbocycles. The van der Waals surface area contributed by atoms with Gasteiger partial charge in [-0.25, -0.2) is 4.52 Å². The fourth-order valence-corrected chi connectivity index (χ4v) is 1.72. The number of rotatable bonds is 1. The van der Waals surface area contributed by atoms with Gasteiger partial charge >= 0.3 is 0 Å². The fraction of sp³-hybridized carbons (Fsp3) is 0. The van der Waals surface area contributed by atoms with Crippen LogP contribution in [0.15, 0.2) is 17.8 Å². The maximum Gasteiger partial charge on any atom is 0.130 e. The summed E-state index contributed by atoms with van der Waals surface area (Å²) in [7, 11) is 0. The van der Waals surface area contributed by atoms with Crippen molar-refractivity contribution in [2.24, 2.45) is 5.73 Å². The van der Waals surface area contributed by atoms with Gasteiger partial charge in [0.15, 0.2) is 0 Å². The molecule has 0 atom stereocenters. The molecule has 2 aromatic heterocycles. The number of hydrogen-bond donors (Lipinski definition) is 2. The first-order valence-electron chi connectivity index (χ1n) is 3.04. The first kappa shape index (κ1) is 6.36. The number of nitrogen functional groups attached to an aromatic ring is 1. The topological polar surface area (TPSA) is 67.2 Å². The van der Waals surface area contributed by atoms with E-state index in [9.17, 15) is 0 Å². The molecule has 5 heteroatoms. The molecule has 2 rings (SSSR count). The highest BCUT2D eigenvalue weighted by atomic mass is 32.1. The average molecular weight is 166 g/mol. The van der Waals surface area contributed by atoms with Crippen molar-refractivity contribution >= 4 is 22.0 Å². The van der Waals surface area contributed by atoms with E-state index in [4.69, 9.17) is 11.1 Å². The monoisotopic (exact) mass is 166 g/mol. The number of fused-ring (bicyclic) bond motifs is 1. The second-order valence-corrected chi connectivity index (χ2v) is 3.02. The van der Waals surface area contributed by atoms with Crippen molar-refractivity contribution in [2.45, 2.75) is 0 Å². The van der Waals surface area contributed by atoms with Crippen molar-refractivity contribution in [2.75, 3.05) is 0 Å². The Hall–Kier alpha value is -1.36. The van der Waals surface area contributed by atoms with E-state index in [2.05, 4.69) is 5.10 Å². The number of amidine groups is 1. The van der Waals surface area contributed by atoms with Crippen molar-refractivity contribution in [3.63, 3.8) is 0 Å². The Morgan fingerprint density at radius 1 is 1.73 bits per heavy atom. The number of nitrogens with zero attached hydrogens (tertiary/aromatic N) is 2. The lowest BCUT2D eigenvalue weighted by Crippen LogP contribution is -2.09. The molecule has 0 spiro atoms. The van der Waals surface area contributed by atoms with Crippen molar-refractivity contribution in [3.8, 4) is 0 Å². The largest absolute Gasteiger partial charge is 0.384 e. The molecule has 4 nitrogen and oxygen atoms in total. The Morgan fingerprint density at radius 2 is 2.55 bits per heavy atom. The van der Waals surface area contributed by atoms with Gasteiger partial charge in [-0.05, 0) is 0 Å². The zero-order valence-electron chi connectivity index (χ0n) is 5.61. The Balaban J connectivity index is 2.78. The first-order valence-corrected chi connectivity index (χ1v) is 3.92. The van der Waals surface area contributed by atoms with Crippen LogP contribution >= 0.6 is 11.3 Å². The SMILES string of the molecule is N=C(N)c1cnn2ccsc12. The predicted octanol–water partition coefficient (Wildman–Crippen LogP) is 0.680. The van der Waals surface area contributed by atoms with Crippen molar-refractivity contribution < 1.29 is 0 Å². The minimum absolute atomic E-state index is 0.0717. The number of nitrogens with one attached hydrogen (secondary N) is 1. The summed E-state index contributed by atoms with van der Waals surface area (Å²) in [6, 6.07) is 0. The molecular weight excluding hydrogens is 160 g/mol. The van der Waals surface area contributed by atoms with Gasteiger partial charge in [-0.3, -0.25) is 5.41 Å². The zero-order chi connectivity index (χ0) is 7.84. The van der Waals surface area contributed by atoms with Crippen molar-refractivity contribution in [1.82, 2.24) is 9.61 Å². The standard InChI is InChI=1S/C6H6N4S/c7-5(8)4-3-9-10-1-2-11-6(4)10/h1-3H,(H3,7,8). The van der Waals surface area contributed by atoms with Gasteiger partial charge in [0.2, 0.25) is 0 Å². The van der Waals surface area contributed by atoms with E-state index in [0.29, 0.717) is 5.56 Å². The second kappa shape index (κ2) is 2.06. The summed E-state index contributed by atoms with van der Waals surface area (Å²) in [6.07, 6.45) is 3.45. The average Bonchev–Trinajstić information content (AvgIpc) is 2.41. The highest BCUT2D eigenvalue weighted by Crippen LogP contribution is 2.15. The molecule has 3 N–H and O–H groups in total. The van der Waals surface area contributed by atoms with Crippen LogP contribution in [0.3, 0.4) is 0 Å². The van der Waals surface area contributed by atoms with Crippen LogP contribution in [-0.4, -0.2) is 15.4 Å². The van der Waals surface area contributed by atoms with Crippen LogP contribution in [0, 0.1) is 5.41 Å². The summed E-state index contributed by atoms with van der Waals surface area (Å²) in [5, 5.41) is 13.1. The van der Waals surface area contributed by atoms with E-state index in [0.717, 1.165) is 4.83 Å². The van der Waals surface area contributed by atoms with Crippen LogP contribution in [0.4, 0.5) is 0 Å². The summed E-state index contributed by atoms with van der Waals surface area (Å²) >= 11 is 1.53. The normalized spacial score (nSPS) is 10.5. The van der Waals surface area contributed by atoms with Gasteiger partial charge in [-0.1, -0.05) is 0 Å². The molecule has 0 fully saturated rings. The van der Waals surface area contributed by atoms with Crippen LogP contribution < -0.4 is 5.73 Å². The summed E-state index contributed by atoms with van der Waals surface area (Å²) in [6.45, 7) is 0. The van der Waals surface area contributed by atoms with Gasteiger partial charge in [0, 0.05) is 11.6 Å². The van der Waals surface area contributed by atoms with Crippen molar-refractivity contribution in [3.05, 3.63) is 23.3 Å². The molecule has 0 aliphatic rings. The summed E-state index contributed by atoms with van der Waals surface area (Å²) in [5.74, 6) is 0.0717. The maximum atomic E-state index is 7.20. The van der Waals surface area contributed by atoms with E-state index in [-0.39, 0.29) is 5.84 Å². The molecule has 11 heavy (non-hydrogen) atoms. The van der Waals surface area contributed by atoms with Crippen LogP contribution in [0.5, 0.6) is 0 Å². The van der Waals surface area contributed by atoms with Crippen molar-refractivity contribution in [1.29, 1.82) is 5.41 Å². The van der Waals surface area contributed by atoms with Gasteiger partial charge in [0.25, 0.3) is 0 Å². The van der Waals surface area contributed by atoms with Gasteiger partial charge < -0.3 is 5.73 Å². The molecule has 56 valence electrons. The second-order valence-electron chi connectivity index (χ2n) is 2.12. The van der Waals surface area contributed by atoms with Gasteiger partial charge in [0.1, 0.15) is 10.7 Å². The molecule has 0 radical (unpaired) electrons. The van der Waals surface area contributed by atoms with Crippen LogP contribution in [-0.2, 0) is 0 Å². The zero-order valence-corrected chi connectivity index (χ0v) is 6.43. The molecule has 2 aromatic rings. The van der Waals surface area contributed by atoms with Crippen LogP contribution in [0.2, 0.25) is 0 Å². The highest BCUT2D eigenvalue weighted by molar-refractivity contribution is 7.15. The lowest BCUT2D eigenvalue weighted by atomic mass is 10.3. The third kappa shape index (κ3) is 0.813. The molecule has 0 amide bonds. The third-order valence-electron chi connectivity index (χ3n) is 1.42. The van der Waals surface area contributed by atoms with E-state index in [1.54, 1.807) is 10.7 Å². The Labute approximate surface area is 66.8 Å². The number of thiazole rings is 1. The first-order chi connectivity index (χ1) is 5.29. The fourth-order valence-electron chi connectivity index (χ4n) is 0.912. The Bertz CT molecular complexity index is 399. The minimum atomic E-state index is 0.0717. The van der Waals surface area contributed by atoms with E-state index >= 15 is 0 Å². The van der Waals surface area contributed by atoms with Gasteiger partial charge in [0.05, 0.1) is 11.8 Å². The van der Waals surface area contributed by atoms with Gasteiger partial charge in [-0.2, -0.15) is 5.10 Å². The predicted molar refractivity (Wildman–Crippen MR) is 44.1 cm³/mol. The number of aromatic nitrogens is 2. The highest BCUT2D eigenvalue weighted by Gasteiger charge is 2.05. The molecule has 0 bridgehead atoms. The quantitative estimate of drug-likeness (QED) is 0.483. The molecule has 0 saturated carbocycles. The summed E-state index contributed by atoms with van der Waals surface area (Å²) in [4.78, 5) is 0.928. The lowest BCUT2D eigenvalue weighted by molar-refractivity contribution is 0.978.